The SMILES string of the molecule is CCOc1c(Cl)cc(/C=C2\SC(=O)N(CC(=O)N3CCc4ccccc4C3)C2=O)cc1Cl. The molecule has 9 heteroatoms. The van der Waals surface area contributed by atoms with Crippen LogP contribution in [0.4, 0.5) is 4.79 Å². The van der Waals surface area contributed by atoms with E-state index in [4.69, 9.17) is 27.9 Å². The average Bonchev–Trinajstić information content (AvgIpc) is 3.03. The van der Waals surface area contributed by atoms with E-state index in [2.05, 4.69) is 6.07 Å². The molecule has 0 atom stereocenters. The third-order valence-electron chi connectivity index (χ3n) is 5.26. The Morgan fingerprint density at radius 1 is 1.16 bits per heavy atom. The molecule has 32 heavy (non-hydrogen) atoms. The number of ether oxygens (including phenoxy) is 1. The van der Waals surface area contributed by atoms with Crippen LogP contribution in [0.15, 0.2) is 41.3 Å². The summed E-state index contributed by atoms with van der Waals surface area (Å²) in [5.74, 6) is -0.392. The Bertz CT molecular complexity index is 1110. The van der Waals surface area contributed by atoms with Crippen LogP contribution in [0, 0.1) is 0 Å². The van der Waals surface area contributed by atoms with Crippen molar-refractivity contribution >= 4 is 58.1 Å². The number of carbonyl (C=O) groups excluding carboxylic acids is 3. The number of thioether (sulfide) groups is 1. The highest BCUT2D eigenvalue weighted by atomic mass is 35.5. The first kappa shape index (κ1) is 22.7. The summed E-state index contributed by atoms with van der Waals surface area (Å²) in [5.41, 5.74) is 2.87. The summed E-state index contributed by atoms with van der Waals surface area (Å²) in [4.78, 5) is 41.0. The van der Waals surface area contributed by atoms with E-state index in [9.17, 15) is 14.4 Å². The van der Waals surface area contributed by atoms with Crippen LogP contribution < -0.4 is 4.74 Å². The van der Waals surface area contributed by atoms with Crippen molar-refractivity contribution in [2.24, 2.45) is 0 Å². The zero-order valence-corrected chi connectivity index (χ0v) is 19.6. The largest absolute Gasteiger partial charge is 0.491 e. The van der Waals surface area contributed by atoms with Gasteiger partial charge in [0.05, 0.1) is 21.6 Å². The van der Waals surface area contributed by atoms with Gasteiger partial charge in [0.2, 0.25) is 5.91 Å². The molecule has 0 unspecified atom stereocenters. The molecular formula is C23H20Cl2N2O4S. The van der Waals surface area contributed by atoms with Gasteiger partial charge in [0, 0.05) is 13.1 Å². The Labute approximate surface area is 200 Å². The maximum atomic E-state index is 12.8. The molecule has 0 saturated carbocycles. The molecule has 2 aliphatic heterocycles. The molecule has 2 heterocycles. The minimum absolute atomic E-state index is 0.211. The van der Waals surface area contributed by atoms with Gasteiger partial charge in [-0.3, -0.25) is 19.3 Å². The Hall–Kier alpha value is -2.48. The molecule has 2 aliphatic rings. The fraction of sp³-hybridized carbons (Fsp3) is 0.261. The summed E-state index contributed by atoms with van der Waals surface area (Å²) in [7, 11) is 0. The number of rotatable bonds is 5. The molecule has 3 amide bonds. The molecule has 6 nitrogen and oxygen atoms in total. The predicted molar refractivity (Wildman–Crippen MR) is 126 cm³/mol. The Balaban J connectivity index is 1.47. The van der Waals surface area contributed by atoms with Gasteiger partial charge < -0.3 is 9.64 Å². The van der Waals surface area contributed by atoms with Gasteiger partial charge in [-0.1, -0.05) is 47.5 Å². The zero-order chi connectivity index (χ0) is 22.8. The molecular weight excluding hydrogens is 471 g/mol. The van der Waals surface area contributed by atoms with Gasteiger partial charge >= 0.3 is 0 Å². The first-order valence-corrected chi connectivity index (χ1v) is 11.7. The first-order chi connectivity index (χ1) is 15.4. The van der Waals surface area contributed by atoms with E-state index in [-0.39, 0.29) is 17.4 Å². The van der Waals surface area contributed by atoms with Crippen molar-refractivity contribution in [3.05, 3.63) is 68.0 Å². The quantitative estimate of drug-likeness (QED) is 0.550. The molecule has 4 rings (SSSR count). The van der Waals surface area contributed by atoms with Gasteiger partial charge in [-0.05, 0) is 60.0 Å². The van der Waals surface area contributed by atoms with Crippen molar-refractivity contribution in [3.63, 3.8) is 0 Å². The topological polar surface area (TPSA) is 66.9 Å². The van der Waals surface area contributed by atoms with Crippen molar-refractivity contribution in [1.82, 2.24) is 9.80 Å². The lowest BCUT2D eigenvalue weighted by Crippen LogP contribution is -2.44. The van der Waals surface area contributed by atoms with Crippen LogP contribution in [0.3, 0.4) is 0 Å². The number of nitrogens with zero attached hydrogens (tertiary/aromatic N) is 2. The van der Waals surface area contributed by atoms with Gasteiger partial charge in [0.1, 0.15) is 6.54 Å². The summed E-state index contributed by atoms with van der Waals surface area (Å²) < 4.78 is 5.41. The molecule has 0 N–H and O–H groups in total. The molecule has 0 aliphatic carbocycles. The number of hydrogen-bond acceptors (Lipinski definition) is 5. The fourth-order valence-corrected chi connectivity index (χ4v) is 5.13. The highest BCUT2D eigenvalue weighted by Crippen LogP contribution is 2.37. The summed E-state index contributed by atoms with van der Waals surface area (Å²) >= 11 is 13.2. The molecule has 0 aromatic heterocycles. The van der Waals surface area contributed by atoms with Gasteiger partial charge in [-0.2, -0.15) is 0 Å². The van der Waals surface area contributed by atoms with E-state index in [1.54, 1.807) is 23.1 Å². The lowest BCUT2D eigenvalue weighted by atomic mass is 10.00. The van der Waals surface area contributed by atoms with E-state index in [0.29, 0.717) is 41.1 Å². The van der Waals surface area contributed by atoms with E-state index in [0.717, 1.165) is 28.6 Å². The van der Waals surface area contributed by atoms with Crippen molar-refractivity contribution in [3.8, 4) is 5.75 Å². The summed E-state index contributed by atoms with van der Waals surface area (Å²) in [6, 6.07) is 11.2. The van der Waals surface area contributed by atoms with E-state index in [1.807, 2.05) is 25.1 Å². The Morgan fingerprint density at radius 2 is 1.84 bits per heavy atom. The molecule has 0 spiro atoms. The summed E-state index contributed by atoms with van der Waals surface area (Å²) in [6.07, 6.45) is 2.29. The van der Waals surface area contributed by atoms with Crippen LogP contribution in [0.2, 0.25) is 10.0 Å². The lowest BCUT2D eigenvalue weighted by molar-refractivity contribution is -0.136. The number of benzene rings is 2. The van der Waals surface area contributed by atoms with Crippen LogP contribution in [-0.4, -0.2) is 46.5 Å². The number of carbonyl (C=O) groups is 3. The summed E-state index contributed by atoms with van der Waals surface area (Å²) in [6.45, 7) is 2.99. The molecule has 1 fully saturated rings. The second-order valence-corrected chi connectivity index (χ2v) is 9.16. The Kier molecular flexibility index (Phi) is 6.79. The van der Waals surface area contributed by atoms with Gasteiger partial charge in [-0.25, -0.2) is 0 Å². The second kappa shape index (κ2) is 9.57. The van der Waals surface area contributed by atoms with E-state index in [1.165, 1.54) is 5.56 Å². The Morgan fingerprint density at radius 3 is 2.53 bits per heavy atom. The highest BCUT2D eigenvalue weighted by Gasteiger charge is 2.37. The molecule has 0 radical (unpaired) electrons. The maximum absolute atomic E-state index is 12.8. The van der Waals surface area contributed by atoms with Gasteiger partial charge in [0.15, 0.2) is 5.75 Å². The number of imide groups is 1. The van der Waals surface area contributed by atoms with Crippen molar-refractivity contribution in [1.29, 1.82) is 0 Å². The second-order valence-electron chi connectivity index (χ2n) is 7.35. The molecule has 1 saturated heterocycles. The van der Waals surface area contributed by atoms with Crippen LogP contribution in [0.25, 0.3) is 6.08 Å². The molecule has 0 bridgehead atoms. The average molecular weight is 491 g/mol. The zero-order valence-electron chi connectivity index (χ0n) is 17.3. The smallest absolute Gasteiger partial charge is 0.294 e. The number of hydrogen-bond donors (Lipinski definition) is 0. The van der Waals surface area contributed by atoms with Gasteiger partial charge in [-0.15, -0.1) is 0 Å². The summed E-state index contributed by atoms with van der Waals surface area (Å²) in [5, 5.41) is 0.144. The maximum Gasteiger partial charge on any atom is 0.294 e. The monoisotopic (exact) mass is 490 g/mol. The van der Waals surface area contributed by atoms with E-state index < -0.39 is 11.1 Å². The lowest BCUT2D eigenvalue weighted by Gasteiger charge is -2.29. The van der Waals surface area contributed by atoms with Gasteiger partial charge in [0.25, 0.3) is 11.1 Å². The number of halogens is 2. The standard InChI is InChI=1S/C23H20Cl2N2O4S/c1-2-31-21-17(24)9-14(10-18(21)25)11-19-22(29)27(23(30)32-19)13-20(28)26-8-7-15-5-3-4-6-16(15)12-26/h3-6,9-11H,2,7-8,12-13H2,1H3/b19-11-. The van der Waals surface area contributed by atoms with Crippen molar-refractivity contribution < 1.29 is 19.1 Å². The molecule has 166 valence electrons. The minimum Gasteiger partial charge on any atom is -0.491 e. The van der Waals surface area contributed by atoms with Crippen molar-refractivity contribution in [2.75, 3.05) is 19.7 Å². The van der Waals surface area contributed by atoms with Crippen LogP contribution in [-0.2, 0) is 22.6 Å². The normalized spacial score (nSPS) is 17.2. The first-order valence-electron chi connectivity index (χ1n) is 10.1. The van der Waals surface area contributed by atoms with Crippen molar-refractivity contribution in [2.45, 2.75) is 19.9 Å². The predicted octanol–water partition coefficient (Wildman–Crippen LogP) is 5.01. The fourth-order valence-electron chi connectivity index (χ4n) is 3.68. The van der Waals surface area contributed by atoms with Crippen LogP contribution >= 0.6 is 35.0 Å². The number of fused-ring (bicyclic) bond motifs is 1. The number of amides is 3. The third kappa shape index (κ3) is 4.65. The highest BCUT2D eigenvalue weighted by molar-refractivity contribution is 8.18. The third-order valence-corrected chi connectivity index (χ3v) is 6.73. The van der Waals surface area contributed by atoms with E-state index >= 15 is 0 Å². The minimum atomic E-state index is -0.508. The van der Waals surface area contributed by atoms with Crippen LogP contribution in [0.1, 0.15) is 23.6 Å². The molecule has 2 aromatic carbocycles. The van der Waals surface area contributed by atoms with Crippen LogP contribution in [0.5, 0.6) is 5.75 Å². The molecule has 2 aromatic rings.